The lowest BCUT2D eigenvalue weighted by molar-refractivity contribution is 0.102. The fraction of sp³-hybridized carbons (Fsp3) is 0.0588. The van der Waals surface area contributed by atoms with Crippen molar-refractivity contribution in [2.24, 2.45) is 0 Å². The van der Waals surface area contributed by atoms with Gasteiger partial charge in [-0.2, -0.15) is 9.61 Å². The molecule has 27 heavy (non-hydrogen) atoms. The van der Waals surface area contributed by atoms with Crippen molar-refractivity contribution in [3.8, 4) is 16.3 Å². The predicted molar refractivity (Wildman–Crippen MR) is 108 cm³/mol. The van der Waals surface area contributed by atoms with E-state index in [-0.39, 0.29) is 5.91 Å². The molecule has 0 unspecified atom stereocenters. The van der Waals surface area contributed by atoms with Crippen LogP contribution in [0.5, 0.6) is 5.75 Å². The maximum absolute atomic E-state index is 12.7. The first-order valence-corrected chi connectivity index (χ1v) is 9.65. The molecule has 7 nitrogen and oxygen atoms in total. The second kappa shape index (κ2) is 7.26. The molecule has 4 rings (SSSR count). The van der Waals surface area contributed by atoms with Crippen LogP contribution in [0.3, 0.4) is 0 Å². The van der Waals surface area contributed by atoms with Gasteiger partial charge in [0.05, 0.1) is 23.4 Å². The van der Waals surface area contributed by atoms with Crippen LogP contribution < -0.4 is 10.1 Å². The minimum atomic E-state index is -0.338. The van der Waals surface area contributed by atoms with Crippen molar-refractivity contribution >= 4 is 55.4 Å². The second-order valence-electron chi connectivity index (χ2n) is 5.46. The van der Waals surface area contributed by atoms with E-state index in [1.165, 1.54) is 17.7 Å². The molecular formula is C17H11BrClN5O2S. The van der Waals surface area contributed by atoms with E-state index < -0.39 is 0 Å². The van der Waals surface area contributed by atoms with E-state index >= 15 is 0 Å². The normalized spacial score (nSPS) is 10.9. The van der Waals surface area contributed by atoms with Crippen LogP contribution in [0.25, 0.3) is 15.5 Å². The lowest BCUT2D eigenvalue weighted by Crippen LogP contribution is -2.13. The number of nitrogens with zero attached hydrogens (tertiary/aromatic N) is 4. The largest absolute Gasteiger partial charge is 0.495 e. The van der Waals surface area contributed by atoms with Gasteiger partial charge >= 0.3 is 0 Å². The number of methoxy groups -OCH3 is 1. The van der Waals surface area contributed by atoms with Crippen molar-refractivity contribution in [2.45, 2.75) is 0 Å². The molecule has 0 aliphatic rings. The Hall–Kier alpha value is -2.49. The first-order chi connectivity index (χ1) is 13.0. The number of hydrogen-bond acceptors (Lipinski definition) is 6. The number of amides is 1. The van der Waals surface area contributed by atoms with Gasteiger partial charge in [-0.3, -0.25) is 4.79 Å². The molecule has 0 saturated heterocycles. The summed E-state index contributed by atoms with van der Waals surface area (Å²) in [6.45, 7) is 0. The summed E-state index contributed by atoms with van der Waals surface area (Å²) in [5.74, 6) is 0.191. The smallest absolute Gasteiger partial charge is 0.257 e. The average molecular weight is 465 g/mol. The van der Waals surface area contributed by atoms with Crippen molar-refractivity contribution in [3.63, 3.8) is 0 Å². The van der Waals surface area contributed by atoms with Gasteiger partial charge in [-0.1, -0.05) is 38.9 Å². The Morgan fingerprint density at radius 1 is 1.30 bits per heavy atom. The molecule has 0 radical (unpaired) electrons. The molecule has 136 valence electrons. The fourth-order valence-electron chi connectivity index (χ4n) is 2.48. The summed E-state index contributed by atoms with van der Waals surface area (Å²) in [6.07, 6.45) is 1.54. The number of nitrogens with one attached hydrogen (secondary N) is 1. The molecular weight excluding hydrogens is 454 g/mol. The highest BCUT2D eigenvalue weighted by Crippen LogP contribution is 2.33. The van der Waals surface area contributed by atoms with E-state index in [1.54, 1.807) is 42.0 Å². The fourth-order valence-corrected chi connectivity index (χ4v) is 3.86. The Morgan fingerprint density at radius 2 is 2.15 bits per heavy atom. The molecule has 2 aromatic heterocycles. The molecule has 0 spiro atoms. The maximum atomic E-state index is 12.7. The summed E-state index contributed by atoms with van der Waals surface area (Å²) in [4.78, 5) is 13.4. The Labute approximate surface area is 171 Å². The number of fused-ring (bicyclic) bond motifs is 1. The second-order valence-corrected chi connectivity index (χ2v) is 7.74. The summed E-state index contributed by atoms with van der Waals surface area (Å²) in [5, 5.41) is 16.2. The lowest BCUT2D eigenvalue weighted by Gasteiger charge is -2.12. The molecule has 0 bridgehead atoms. The van der Waals surface area contributed by atoms with Crippen LogP contribution in [0.4, 0.5) is 5.69 Å². The molecule has 2 heterocycles. The van der Waals surface area contributed by atoms with Crippen LogP contribution in [-0.2, 0) is 0 Å². The van der Waals surface area contributed by atoms with Crippen molar-refractivity contribution < 1.29 is 9.53 Å². The Balaban J connectivity index is 1.69. The van der Waals surface area contributed by atoms with Gasteiger partial charge in [0.2, 0.25) is 4.96 Å². The van der Waals surface area contributed by atoms with Gasteiger partial charge in [-0.05, 0) is 36.4 Å². The summed E-state index contributed by atoms with van der Waals surface area (Å²) < 4.78 is 7.73. The van der Waals surface area contributed by atoms with E-state index in [0.717, 1.165) is 15.0 Å². The molecule has 0 fully saturated rings. The Bertz CT molecular complexity index is 1130. The molecule has 2 aromatic carbocycles. The standard InChI is InChI=1S/C17H11BrClN5O2S/c1-26-14-5-2-9(16-23-24-8-20-22-17(24)27-16)6-13(14)21-15(25)11-7-10(18)3-4-12(11)19/h2-8H,1H3,(H,21,25). The van der Waals surface area contributed by atoms with Crippen molar-refractivity contribution in [2.75, 3.05) is 12.4 Å². The molecule has 1 N–H and O–H groups in total. The number of carbonyl (C=O) groups is 1. The maximum Gasteiger partial charge on any atom is 0.257 e. The molecule has 1 amide bonds. The molecule has 0 atom stereocenters. The average Bonchev–Trinajstić information content (AvgIpc) is 3.25. The summed E-state index contributed by atoms with van der Waals surface area (Å²) >= 11 is 10.9. The number of aromatic nitrogens is 4. The van der Waals surface area contributed by atoms with E-state index in [0.29, 0.717) is 27.0 Å². The van der Waals surface area contributed by atoms with Crippen LogP contribution >= 0.6 is 38.9 Å². The van der Waals surface area contributed by atoms with Gasteiger partial charge in [0, 0.05) is 10.0 Å². The Morgan fingerprint density at radius 3 is 2.93 bits per heavy atom. The highest BCUT2D eigenvalue weighted by Gasteiger charge is 2.16. The van der Waals surface area contributed by atoms with Crippen LogP contribution in [0.15, 0.2) is 47.2 Å². The van der Waals surface area contributed by atoms with Gasteiger partial charge in [-0.25, -0.2) is 0 Å². The van der Waals surface area contributed by atoms with Crippen molar-refractivity contribution in [3.05, 3.63) is 57.8 Å². The van der Waals surface area contributed by atoms with Gasteiger partial charge in [0.15, 0.2) is 0 Å². The highest BCUT2D eigenvalue weighted by atomic mass is 79.9. The first-order valence-electron chi connectivity index (χ1n) is 7.67. The van der Waals surface area contributed by atoms with Gasteiger partial charge in [0.1, 0.15) is 17.1 Å². The number of rotatable bonds is 4. The van der Waals surface area contributed by atoms with Gasteiger partial charge in [0.25, 0.3) is 5.91 Å². The zero-order chi connectivity index (χ0) is 19.0. The number of halogens is 2. The van der Waals surface area contributed by atoms with Crippen LogP contribution in [0.1, 0.15) is 10.4 Å². The molecule has 4 aromatic rings. The van der Waals surface area contributed by atoms with Crippen LogP contribution in [0.2, 0.25) is 5.02 Å². The summed E-state index contributed by atoms with van der Waals surface area (Å²) in [6, 6.07) is 10.5. The molecule has 0 aliphatic heterocycles. The summed E-state index contributed by atoms with van der Waals surface area (Å²) in [5.41, 5.74) is 1.70. The quantitative estimate of drug-likeness (QED) is 0.480. The Kier molecular flexibility index (Phi) is 4.81. The number of ether oxygens (including phenoxy) is 1. The molecule has 0 aliphatic carbocycles. The number of anilines is 1. The zero-order valence-corrected chi connectivity index (χ0v) is 17.0. The number of hydrogen-bond donors (Lipinski definition) is 1. The van der Waals surface area contributed by atoms with E-state index in [9.17, 15) is 4.79 Å². The third-order valence-corrected chi connectivity index (χ3v) is 5.54. The van der Waals surface area contributed by atoms with E-state index in [4.69, 9.17) is 16.3 Å². The van der Waals surface area contributed by atoms with Gasteiger partial charge in [-0.15, -0.1) is 10.2 Å². The van der Waals surface area contributed by atoms with E-state index in [2.05, 4.69) is 36.5 Å². The van der Waals surface area contributed by atoms with Crippen molar-refractivity contribution in [1.82, 2.24) is 19.8 Å². The minimum absolute atomic E-state index is 0.338. The SMILES string of the molecule is COc1ccc(-c2nn3cnnc3s2)cc1NC(=O)c1cc(Br)ccc1Cl. The summed E-state index contributed by atoms with van der Waals surface area (Å²) in [7, 11) is 1.54. The molecule has 10 heteroatoms. The zero-order valence-electron chi connectivity index (χ0n) is 13.8. The van der Waals surface area contributed by atoms with Crippen molar-refractivity contribution in [1.29, 1.82) is 0 Å². The van der Waals surface area contributed by atoms with E-state index in [1.807, 2.05) is 6.07 Å². The predicted octanol–water partition coefficient (Wildman–Crippen LogP) is 4.53. The first kappa shape index (κ1) is 17.9. The molecule has 0 saturated carbocycles. The third kappa shape index (κ3) is 3.53. The minimum Gasteiger partial charge on any atom is -0.495 e. The van der Waals surface area contributed by atoms with Gasteiger partial charge < -0.3 is 10.1 Å². The van der Waals surface area contributed by atoms with Crippen LogP contribution in [-0.4, -0.2) is 32.8 Å². The number of benzene rings is 2. The third-order valence-electron chi connectivity index (χ3n) is 3.75. The highest BCUT2D eigenvalue weighted by molar-refractivity contribution is 9.10. The lowest BCUT2D eigenvalue weighted by atomic mass is 10.1. The monoisotopic (exact) mass is 463 g/mol. The topological polar surface area (TPSA) is 81.4 Å². The number of carbonyl (C=O) groups excluding carboxylic acids is 1. The van der Waals surface area contributed by atoms with Crippen LogP contribution in [0, 0.1) is 0 Å².